The molecule has 2 N–H and O–H groups in total. The largest absolute Gasteiger partial charge is 0.481 e. The van der Waals surface area contributed by atoms with Gasteiger partial charge in [0.15, 0.2) is 4.47 Å². The highest BCUT2D eigenvalue weighted by molar-refractivity contribution is 7.15. The predicted octanol–water partition coefficient (Wildman–Crippen LogP) is 3.82. The third-order valence-corrected chi connectivity index (χ3v) is 3.95. The zero-order valence-electron chi connectivity index (χ0n) is 10.8. The Labute approximate surface area is 126 Å². The molecule has 0 saturated heterocycles. The summed E-state index contributed by atoms with van der Waals surface area (Å²) in [5.74, 6) is -0.755. The van der Waals surface area contributed by atoms with Gasteiger partial charge in [0.05, 0.1) is 6.54 Å². The Bertz CT molecular complexity index is 586. The van der Waals surface area contributed by atoms with Crippen LogP contribution in [0.5, 0.6) is 0 Å². The number of halogens is 1. The first-order valence-corrected chi connectivity index (χ1v) is 7.48. The van der Waals surface area contributed by atoms with Crippen molar-refractivity contribution in [2.75, 3.05) is 5.32 Å². The highest BCUT2D eigenvalue weighted by Crippen LogP contribution is 2.21. The van der Waals surface area contributed by atoms with Crippen LogP contribution >= 0.6 is 22.9 Å². The molecule has 2 aromatic rings. The van der Waals surface area contributed by atoms with Crippen LogP contribution in [0.1, 0.15) is 23.3 Å². The van der Waals surface area contributed by atoms with Crippen LogP contribution in [0.25, 0.3) is 0 Å². The van der Waals surface area contributed by atoms with Gasteiger partial charge in [-0.1, -0.05) is 29.8 Å². The van der Waals surface area contributed by atoms with E-state index in [1.807, 2.05) is 24.3 Å². The molecule has 1 aromatic heterocycles. The van der Waals surface area contributed by atoms with Gasteiger partial charge in [0.2, 0.25) is 0 Å². The third kappa shape index (κ3) is 4.51. The molecule has 0 atom stereocenters. The second kappa shape index (κ2) is 7.26. The minimum Gasteiger partial charge on any atom is -0.481 e. The van der Waals surface area contributed by atoms with E-state index in [0.717, 1.165) is 22.5 Å². The van der Waals surface area contributed by atoms with E-state index in [0.29, 0.717) is 17.4 Å². The molecule has 0 unspecified atom stereocenters. The Morgan fingerprint density at radius 2 is 2.20 bits per heavy atom. The van der Waals surface area contributed by atoms with E-state index in [9.17, 15) is 4.79 Å². The Morgan fingerprint density at radius 1 is 1.40 bits per heavy atom. The van der Waals surface area contributed by atoms with Crippen molar-refractivity contribution >= 4 is 34.6 Å². The number of aromatic nitrogens is 1. The van der Waals surface area contributed by atoms with Crippen molar-refractivity contribution < 1.29 is 9.90 Å². The van der Waals surface area contributed by atoms with Gasteiger partial charge in [-0.15, -0.1) is 11.3 Å². The summed E-state index contributed by atoms with van der Waals surface area (Å²) < 4.78 is 0.538. The molecule has 0 fully saturated rings. The molecule has 0 aliphatic rings. The van der Waals surface area contributed by atoms with Gasteiger partial charge in [-0.25, -0.2) is 4.98 Å². The smallest absolute Gasteiger partial charge is 0.303 e. The Morgan fingerprint density at radius 3 is 2.90 bits per heavy atom. The van der Waals surface area contributed by atoms with Crippen molar-refractivity contribution in [2.24, 2.45) is 0 Å². The first kappa shape index (κ1) is 14.8. The molecule has 0 aliphatic heterocycles. The Kier molecular flexibility index (Phi) is 5.38. The summed E-state index contributed by atoms with van der Waals surface area (Å²) in [7, 11) is 0. The second-order valence-corrected chi connectivity index (χ2v) is 6.03. The van der Waals surface area contributed by atoms with Gasteiger partial charge in [-0.3, -0.25) is 4.79 Å². The number of rotatable bonds is 7. The van der Waals surface area contributed by atoms with Crippen LogP contribution < -0.4 is 5.32 Å². The van der Waals surface area contributed by atoms with Crippen LogP contribution in [0.15, 0.2) is 30.5 Å². The number of aryl methyl sites for hydroxylation is 1. The molecular weight excluding hydrogens is 296 g/mol. The number of para-hydroxylation sites is 1. The molecule has 20 heavy (non-hydrogen) atoms. The topological polar surface area (TPSA) is 62.2 Å². The molecule has 0 aliphatic carbocycles. The van der Waals surface area contributed by atoms with Crippen molar-refractivity contribution in [2.45, 2.75) is 25.8 Å². The quantitative estimate of drug-likeness (QED) is 0.816. The number of hydrogen-bond donors (Lipinski definition) is 2. The molecule has 4 nitrogen and oxygen atoms in total. The molecule has 1 heterocycles. The molecule has 0 bridgehead atoms. The van der Waals surface area contributed by atoms with E-state index in [1.165, 1.54) is 11.3 Å². The van der Waals surface area contributed by atoms with Crippen LogP contribution in [0.4, 0.5) is 5.69 Å². The molecule has 2 rings (SSSR count). The number of nitrogens with one attached hydrogen (secondary N) is 1. The lowest BCUT2D eigenvalue weighted by atomic mass is 10.1. The molecule has 6 heteroatoms. The van der Waals surface area contributed by atoms with Gasteiger partial charge in [-0.2, -0.15) is 0 Å². The van der Waals surface area contributed by atoms with E-state index in [1.54, 1.807) is 6.20 Å². The van der Waals surface area contributed by atoms with Gasteiger partial charge in [0.1, 0.15) is 0 Å². The van der Waals surface area contributed by atoms with Gasteiger partial charge >= 0.3 is 5.97 Å². The van der Waals surface area contributed by atoms with Crippen molar-refractivity contribution in [3.63, 3.8) is 0 Å². The van der Waals surface area contributed by atoms with Crippen LogP contribution in [0, 0.1) is 0 Å². The molecule has 0 spiro atoms. The number of hydrogen-bond acceptors (Lipinski definition) is 4. The summed E-state index contributed by atoms with van der Waals surface area (Å²) in [6, 6.07) is 7.94. The lowest BCUT2D eigenvalue weighted by Crippen LogP contribution is -2.02. The number of carboxylic acid groups (broad SMARTS) is 1. The van der Waals surface area contributed by atoms with E-state index >= 15 is 0 Å². The lowest BCUT2D eigenvalue weighted by molar-refractivity contribution is -0.137. The minimum absolute atomic E-state index is 0.193. The number of aliphatic carboxylic acids is 1. The maximum Gasteiger partial charge on any atom is 0.303 e. The molecule has 0 radical (unpaired) electrons. The molecule has 0 saturated carbocycles. The van der Waals surface area contributed by atoms with Crippen LogP contribution in [0.2, 0.25) is 4.47 Å². The Hall–Kier alpha value is -1.59. The third-order valence-electron chi connectivity index (χ3n) is 2.83. The van der Waals surface area contributed by atoms with E-state index in [4.69, 9.17) is 16.7 Å². The van der Waals surface area contributed by atoms with Crippen LogP contribution in [0.3, 0.4) is 0 Å². The van der Waals surface area contributed by atoms with Crippen molar-refractivity contribution in [3.8, 4) is 0 Å². The summed E-state index contributed by atoms with van der Waals surface area (Å²) in [5.41, 5.74) is 2.16. The summed E-state index contributed by atoms with van der Waals surface area (Å²) >= 11 is 7.24. The fourth-order valence-corrected chi connectivity index (χ4v) is 2.81. The van der Waals surface area contributed by atoms with Gasteiger partial charge in [-0.05, 0) is 24.5 Å². The van der Waals surface area contributed by atoms with Crippen LogP contribution in [-0.2, 0) is 17.8 Å². The SMILES string of the molecule is O=C(O)CCCc1ccccc1NCc1cnc(Cl)s1. The van der Waals surface area contributed by atoms with Gasteiger partial charge in [0.25, 0.3) is 0 Å². The molecular formula is C14H15ClN2O2S. The van der Waals surface area contributed by atoms with Gasteiger partial charge in [0, 0.05) is 23.2 Å². The first-order valence-electron chi connectivity index (χ1n) is 6.29. The van der Waals surface area contributed by atoms with Gasteiger partial charge < -0.3 is 10.4 Å². The number of nitrogens with zero attached hydrogens (tertiary/aromatic N) is 1. The predicted molar refractivity (Wildman–Crippen MR) is 81.5 cm³/mol. The fourth-order valence-electron chi connectivity index (χ4n) is 1.89. The van der Waals surface area contributed by atoms with E-state index < -0.39 is 5.97 Å². The summed E-state index contributed by atoms with van der Waals surface area (Å²) in [6.07, 6.45) is 3.34. The molecule has 106 valence electrons. The highest BCUT2D eigenvalue weighted by Gasteiger charge is 2.05. The fraction of sp³-hybridized carbons (Fsp3) is 0.286. The number of thiazole rings is 1. The zero-order valence-corrected chi connectivity index (χ0v) is 12.4. The second-order valence-electron chi connectivity index (χ2n) is 4.34. The minimum atomic E-state index is -0.755. The van der Waals surface area contributed by atoms with E-state index in [-0.39, 0.29) is 6.42 Å². The number of anilines is 1. The molecule has 1 aromatic carbocycles. The summed E-state index contributed by atoms with van der Waals surface area (Å²) in [5, 5.41) is 12.0. The summed E-state index contributed by atoms with van der Waals surface area (Å²) in [6.45, 7) is 0.667. The van der Waals surface area contributed by atoms with Crippen LogP contribution in [-0.4, -0.2) is 16.1 Å². The maximum atomic E-state index is 10.6. The number of carbonyl (C=O) groups is 1. The Balaban J connectivity index is 1.94. The highest BCUT2D eigenvalue weighted by atomic mass is 35.5. The first-order chi connectivity index (χ1) is 9.65. The summed E-state index contributed by atoms with van der Waals surface area (Å²) in [4.78, 5) is 15.6. The monoisotopic (exact) mass is 310 g/mol. The van der Waals surface area contributed by atoms with Crippen molar-refractivity contribution in [3.05, 3.63) is 45.4 Å². The van der Waals surface area contributed by atoms with Crippen molar-refractivity contribution in [1.29, 1.82) is 0 Å². The normalized spacial score (nSPS) is 10.4. The maximum absolute atomic E-state index is 10.6. The number of benzene rings is 1. The standard InChI is InChI=1S/C14H15ClN2O2S/c15-14-17-9-11(20-14)8-16-12-6-2-1-4-10(12)5-3-7-13(18)19/h1-2,4,6,9,16H,3,5,7-8H2,(H,18,19). The average molecular weight is 311 g/mol. The van der Waals surface area contributed by atoms with E-state index in [2.05, 4.69) is 10.3 Å². The number of carboxylic acids is 1. The van der Waals surface area contributed by atoms with Crippen molar-refractivity contribution in [1.82, 2.24) is 4.98 Å². The average Bonchev–Trinajstić information content (AvgIpc) is 2.83. The molecule has 0 amide bonds. The zero-order chi connectivity index (χ0) is 14.4. The lowest BCUT2D eigenvalue weighted by Gasteiger charge is -2.10.